The smallest absolute Gasteiger partial charge is 0.266 e. The van der Waals surface area contributed by atoms with Crippen LogP contribution < -0.4 is 9.96 Å². The number of benzene rings is 2. The molecule has 0 spiro atoms. The number of rotatable bonds is 3. The van der Waals surface area contributed by atoms with Crippen LogP contribution in [0.5, 0.6) is 0 Å². The van der Waals surface area contributed by atoms with Gasteiger partial charge in [0, 0.05) is 12.4 Å². The fraction of sp³-hybridized carbons (Fsp3) is 0.240. The van der Waals surface area contributed by atoms with E-state index in [1.54, 1.807) is 17.5 Å². The van der Waals surface area contributed by atoms with E-state index in [1.807, 2.05) is 75.4 Å². The Hall–Kier alpha value is -3.51. The lowest BCUT2D eigenvalue weighted by Crippen LogP contribution is -2.38. The zero-order valence-electron chi connectivity index (χ0n) is 17.6. The molecule has 0 aliphatic carbocycles. The van der Waals surface area contributed by atoms with Gasteiger partial charge in [-0.05, 0) is 61.7 Å². The lowest BCUT2D eigenvalue weighted by Gasteiger charge is -2.29. The number of imide groups is 1. The number of hydrogen-bond acceptors (Lipinski definition) is 5. The molecule has 3 unspecified atom stereocenters. The van der Waals surface area contributed by atoms with Crippen molar-refractivity contribution in [1.82, 2.24) is 4.98 Å². The number of para-hydroxylation sites is 1. The van der Waals surface area contributed by atoms with Crippen molar-refractivity contribution >= 4 is 23.2 Å². The monoisotopic (exact) mass is 413 g/mol. The third kappa shape index (κ3) is 3.02. The Labute approximate surface area is 181 Å². The number of amides is 2. The van der Waals surface area contributed by atoms with E-state index >= 15 is 0 Å². The molecule has 6 heteroatoms. The van der Waals surface area contributed by atoms with Gasteiger partial charge in [-0.1, -0.05) is 35.9 Å². The zero-order chi connectivity index (χ0) is 21.7. The standard InChI is InChI=1S/C25H23N3O3/c1-15-13-16(2)21(17(3)14-15)27-24(29)20-22(18-9-11-26-12-10-18)28(31-23(20)25(27)30)19-7-5-4-6-8-19/h4-14,20,22-23H,1-3H3. The second-order valence-corrected chi connectivity index (χ2v) is 8.20. The van der Waals surface area contributed by atoms with Gasteiger partial charge >= 0.3 is 0 Å². The van der Waals surface area contributed by atoms with Crippen molar-refractivity contribution in [3.05, 3.63) is 89.2 Å². The number of nitrogens with zero attached hydrogens (tertiary/aromatic N) is 3. The zero-order valence-corrected chi connectivity index (χ0v) is 17.6. The van der Waals surface area contributed by atoms with Gasteiger partial charge in [0.25, 0.3) is 5.91 Å². The number of carbonyl (C=O) groups is 2. The summed E-state index contributed by atoms with van der Waals surface area (Å²) in [5, 5.41) is 1.70. The molecule has 2 saturated heterocycles. The molecule has 6 nitrogen and oxygen atoms in total. The Balaban J connectivity index is 1.61. The number of hydrogen-bond donors (Lipinski definition) is 0. The molecule has 2 aromatic carbocycles. The topological polar surface area (TPSA) is 62.7 Å². The number of aryl methyl sites for hydroxylation is 3. The van der Waals surface area contributed by atoms with Crippen LogP contribution >= 0.6 is 0 Å². The van der Waals surface area contributed by atoms with Gasteiger partial charge in [0.15, 0.2) is 6.10 Å². The third-order valence-corrected chi connectivity index (χ3v) is 6.03. The Morgan fingerprint density at radius 2 is 1.52 bits per heavy atom. The van der Waals surface area contributed by atoms with Crippen LogP contribution in [0.4, 0.5) is 11.4 Å². The summed E-state index contributed by atoms with van der Waals surface area (Å²) in [4.78, 5) is 38.8. The van der Waals surface area contributed by atoms with Gasteiger partial charge in [0.05, 0.1) is 17.4 Å². The predicted octanol–water partition coefficient (Wildman–Crippen LogP) is 4.06. The van der Waals surface area contributed by atoms with Crippen molar-refractivity contribution in [2.75, 3.05) is 9.96 Å². The van der Waals surface area contributed by atoms with E-state index in [2.05, 4.69) is 4.98 Å². The van der Waals surface area contributed by atoms with E-state index in [9.17, 15) is 9.59 Å². The molecule has 2 aliphatic heterocycles. The first-order valence-electron chi connectivity index (χ1n) is 10.3. The molecule has 0 N–H and O–H groups in total. The highest BCUT2D eigenvalue weighted by molar-refractivity contribution is 6.24. The molecule has 3 atom stereocenters. The van der Waals surface area contributed by atoms with Crippen LogP contribution in [0.15, 0.2) is 67.0 Å². The molecule has 0 radical (unpaired) electrons. The third-order valence-electron chi connectivity index (χ3n) is 6.03. The summed E-state index contributed by atoms with van der Waals surface area (Å²) in [5.74, 6) is -1.19. The van der Waals surface area contributed by atoms with Crippen LogP contribution in [0, 0.1) is 26.7 Å². The van der Waals surface area contributed by atoms with Crippen LogP contribution in [-0.4, -0.2) is 22.9 Å². The molecule has 2 aliphatic rings. The Morgan fingerprint density at radius 3 is 2.16 bits per heavy atom. The lowest BCUT2D eigenvalue weighted by atomic mass is 9.91. The van der Waals surface area contributed by atoms with Crippen LogP contribution in [0.25, 0.3) is 0 Å². The van der Waals surface area contributed by atoms with E-state index in [-0.39, 0.29) is 11.8 Å². The van der Waals surface area contributed by atoms with Gasteiger partial charge in [-0.2, -0.15) is 0 Å². The predicted molar refractivity (Wildman–Crippen MR) is 117 cm³/mol. The number of fused-ring (bicyclic) bond motifs is 1. The molecule has 31 heavy (non-hydrogen) atoms. The maximum Gasteiger partial charge on any atom is 0.266 e. The minimum atomic E-state index is -0.869. The van der Waals surface area contributed by atoms with Crippen LogP contribution in [0.3, 0.4) is 0 Å². The van der Waals surface area contributed by atoms with E-state index in [0.29, 0.717) is 5.69 Å². The fourth-order valence-corrected chi connectivity index (χ4v) is 4.86. The largest absolute Gasteiger partial charge is 0.273 e. The molecule has 1 aromatic heterocycles. The highest BCUT2D eigenvalue weighted by Crippen LogP contribution is 2.48. The van der Waals surface area contributed by atoms with Gasteiger partial charge < -0.3 is 0 Å². The van der Waals surface area contributed by atoms with Gasteiger partial charge in [0.1, 0.15) is 5.92 Å². The molecule has 156 valence electrons. The molecular formula is C25H23N3O3. The van der Waals surface area contributed by atoms with Crippen molar-refractivity contribution in [3.63, 3.8) is 0 Å². The number of anilines is 2. The highest BCUT2D eigenvalue weighted by Gasteiger charge is 2.60. The summed E-state index contributed by atoms with van der Waals surface area (Å²) in [6, 6.07) is 16.9. The first-order valence-corrected chi connectivity index (χ1v) is 10.3. The molecule has 5 rings (SSSR count). The Bertz CT molecular complexity index is 1140. The molecule has 3 aromatic rings. The molecular weight excluding hydrogens is 390 g/mol. The number of pyridine rings is 1. The first kappa shape index (κ1) is 19.5. The van der Waals surface area contributed by atoms with Crippen molar-refractivity contribution < 1.29 is 14.4 Å². The van der Waals surface area contributed by atoms with Gasteiger partial charge in [-0.3, -0.25) is 19.4 Å². The fourth-order valence-electron chi connectivity index (χ4n) is 4.86. The molecule has 2 fully saturated rings. The van der Waals surface area contributed by atoms with Crippen molar-refractivity contribution in [1.29, 1.82) is 0 Å². The second-order valence-electron chi connectivity index (χ2n) is 8.20. The number of hydroxylamine groups is 1. The first-order chi connectivity index (χ1) is 15.0. The summed E-state index contributed by atoms with van der Waals surface area (Å²) in [6.07, 6.45) is 2.52. The van der Waals surface area contributed by atoms with Crippen LogP contribution in [-0.2, 0) is 14.4 Å². The summed E-state index contributed by atoms with van der Waals surface area (Å²) in [6.45, 7) is 5.87. The average Bonchev–Trinajstić information content (AvgIpc) is 3.26. The van der Waals surface area contributed by atoms with Crippen LogP contribution in [0.2, 0.25) is 0 Å². The maximum atomic E-state index is 13.7. The minimum Gasteiger partial charge on any atom is -0.273 e. The van der Waals surface area contributed by atoms with E-state index < -0.39 is 18.1 Å². The molecule has 0 bridgehead atoms. The summed E-state index contributed by atoms with van der Waals surface area (Å²) < 4.78 is 0. The Morgan fingerprint density at radius 1 is 0.871 bits per heavy atom. The van der Waals surface area contributed by atoms with E-state index in [1.165, 1.54) is 4.90 Å². The summed E-state index contributed by atoms with van der Waals surface area (Å²) in [5.41, 5.74) is 5.25. The van der Waals surface area contributed by atoms with Gasteiger partial charge in [-0.25, -0.2) is 9.96 Å². The summed E-state index contributed by atoms with van der Waals surface area (Å²) >= 11 is 0. The molecule has 2 amide bonds. The minimum absolute atomic E-state index is 0.231. The number of aromatic nitrogens is 1. The van der Waals surface area contributed by atoms with Gasteiger partial charge in [-0.15, -0.1) is 0 Å². The van der Waals surface area contributed by atoms with Crippen LogP contribution in [0.1, 0.15) is 28.3 Å². The van der Waals surface area contributed by atoms with E-state index in [4.69, 9.17) is 4.84 Å². The van der Waals surface area contributed by atoms with Crippen molar-refractivity contribution in [2.45, 2.75) is 32.9 Å². The number of carbonyl (C=O) groups excluding carboxylic acids is 2. The second kappa shape index (κ2) is 7.32. The van der Waals surface area contributed by atoms with Crippen molar-refractivity contribution in [3.8, 4) is 0 Å². The van der Waals surface area contributed by atoms with Crippen molar-refractivity contribution in [2.24, 2.45) is 5.92 Å². The Kier molecular flexibility index (Phi) is 4.59. The molecule has 3 heterocycles. The van der Waals surface area contributed by atoms with Gasteiger partial charge in [0.2, 0.25) is 5.91 Å². The van der Waals surface area contributed by atoms with E-state index in [0.717, 1.165) is 27.9 Å². The SMILES string of the molecule is Cc1cc(C)c(N2C(=O)C3ON(c4ccccc4)C(c4ccncc4)C3C2=O)c(C)c1. The quantitative estimate of drug-likeness (QED) is 0.606. The maximum absolute atomic E-state index is 13.7. The average molecular weight is 413 g/mol. The highest BCUT2D eigenvalue weighted by atomic mass is 16.7. The lowest BCUT2D eigenvalue weighted by molar-refractivity contribution is -0.126. The molecule has 0 saturated carbocycles. The summed E-state index contributed by atoms with van der Waals surface area (Å²) in [7, 11) is 0. The normalized spacial score (nSPS) is 22.9.